The molecule has 1 atom stereocenters. The maximum absolute atomic E-state index is 11.7. The molecule has 1 rings (SSSR count). The van der Waals surface area contributed by atoms with E-state index < -0.39 is 12.1 Å². The molecule has 1 aromatic rings. The van der Waals surface area contributed by atoms with Crippen LogP contribution in [0.3, 0.4) is 0 Å². The third-order valence-electron chi connectivity index (χ3n) is 2.11. The standard InChI is InChI=1S/C12H15ClO4/c1-3-16-11(12(15)17-4-2)8-5-6-10(14)9(13)7-8/h5-7,11,14H,3-4H2,1-2H3. The average molecular weight is 259 g/mol. The Balaban J connectivity index is 2.96. The molecule has 0 aliphatic carbocycles. The zero-order valence-corrected chi connectivity index (χ0v) is 10.5. The Kier molecular flexibility index (Phi) is 5.25. The Morgan fingerprint density at radius 3 is 2.65 bits per heavy atom. The lowest BCUT2D eigenvalue weighted by molar-refractivity contribution is -0.157. The first-order valence-corrected chi connectivity index (χ1v) is 5.74. The van der Waals surface area contributed by atoms with Crippen molar-refractivity contribution in [1.29, 1.82) is 0 Å². The lowest BCUT2D eigenvalue weighted by Crippen LogP contribution is -2.19. The SMILES string of the molecule is CCOC(=O)C(OCC)c1ccc(O)c(Cl)c1. The molecular formula is C12H15ClO4. The molecule has 0 saturated carbocycles. The molecule has 0 radical (unpaired) electrons. The summed E-state index contributed by atoms with van der Waals surface area (Å²) >= 11 is 5.78. The van der Waals surface area contributed by atoms with E-state index in [2.05, 4.69) is 0 Å². The van der Waals surface area contributed by atoms with E-state index in [1.54, 1.807) is 19.9 Å². The van der Waals surface area contributed by atoms with Gasteiger partial charge in [0.25, 0.3) is 0 Å². The van der Waals surface area contributed by atoms with Crippen molar-refractivity contribution >= 4 is 17.6 Å². The van der Waals surface area contributed by atoms with Crippen molar-refractivity contribution in [3.63, 3.8) is 0 Å². The lowest BCUT2D eigenvalue weighted by Gasteiger charge is -2.16. The molecule has 4 nitrogen and oxygen atoms in total. The van der Waals surface area contributed by atoms with Crippen LogP contribution >= 0.6 is 11.6 Å². The molecule has 0 bridgehead atoms. The number of hydrogen-bond acceptors (Lipinski definition) is 4. The minimum atomic E-state index is -0.807. The van der Waals surface area contributed by atoms with Gasteiger partial charge in [0.1, 0.15) is 5.75 Å². The molecule has 0 heterocycles. The molecule has 1 unspecified atom stereocenters. The molecule has 94 valence electrons. The minimum absolute atomic E-state index is 0.0328. The number of phenols is 1. The van der Waals surface area contributed by atoms with Crippen LogP contribution in [0.1, 0.15) is 25.5 Å². The summed E-state index contributed by atoms with van der Waals surface area (Å²) in [7, 11) is 0. The Morgan fingerprint density at radius 1 is 1.41 bits per heavy atom. The number of carbonyl (C=O) groups excluding carboxylic acids is 1. The van der Waals surface area contributed by atoms with Gasteiger partial charge in [-0.2, -0.15) is 0 Å². The second-order valence-electron chi connectivity index (χ2n) is 3.30. The molecule has 1 N–H and O–H groups in total. The van der Waals surface area contributed by atoms with E-state index in [4.69, 9.17) is 21.1 Å². The van der Waals surface area contributed by atoms with Gasteiger partial charge in [-0.05, 0) is 31.5 Å². The number of esters is 1. The third kappa shape index (κ3) is 3.61. The van der Waals surface area contributed by atoms with E-state index in [0.717, 1.165) is 0 Å². The zero-order valence-electron chi connectivity index (χ0n) is 9.77. The van der Waals surface area contributed by atoms with Crippen molar-refractivity contribution in [2.24, 2.45) is 0 Å². The van der Waals surface area contributed by atoms with Gasteiger partial charge in [0.05, 0.1) is 11.6 Å². The van der Waals surface area contributed by atoms with Gasteiger partial charge < -0.3 is 14.6 Å². The molecule has 1 aromatic carbocycles. The molecule has 0 aliphatic heterocycles. The van der Waals surface area contributed by atoms with Gasteiger partial charge in [-0.15, -0.1) is 0 Å². The second-order valence-corrected chi connectivity index (χ2v) is 3.71. The van der Waals surface area contributed by atoms with Crippen LogP contribution in [0.4, 0.5) is 0 Å². The van der Waals surface area contributed by atoms with Crippen molar-refractivity contribution in [2.45, 2.75) is 20.0 Å². The molecule has 0 aromatic heterocycles. The van der Waals surface area contributed by atoms with Crippen LogP contribution in [-0.2, 0) is 14.3 Å². The van der Waals surface area contributed by atoms with Crippen LogP contribution in [0.5, 0.6) is 5.75 Å². The van der Waals surface area contributed by atoms with E-state index in [1.165, 1.54) is 12.1 Å². The van der Waals surface area contributed by atoms with E-state index in [-0.39, 0.29) is 17.4 Å². The summed E-state index contributed by atoms with van der Waals surface area (Å²) in [5.41, 5.74) is 0.563. The molecule has 0 aliphatic rings. The molecule has 0 amide bonds. The highest BCUT2D eigenvalue weighted by Gasteiger charge is 2.22. The quantitative estimate of drug-likeness (QED) is 0.825. The van der Waals surface area contributed by atoms with Crippen molar-refractivity contribution < 1.29 is 19.4 Å². The first kappa shape index (κ1) is 13.8. The number of halogens is 1. The van der Waals surface area contributed by atoms with Crippen LogP contribution < -0.4 is 0 Å². The molecule has 17 heavy (non-hydrogen) atoms. The smallest absolute Gasteiger partial charge is 0.339 e. The highest BCUT2D eigenvalue weighted by molar-refractivity contribution is 6.32. The lowest BCUT2D eigenvalue weighted by atomic mass is 10.1. The summed E-state index contributed by atoms with van der Waals surface area (Å²) in [6, 6.07) is 4.50. The summed E-state index contributed by atoms with van der Waals surface area (Å²) < 4.78 is 10.2. The summed E-state index contributed by atoms with van der Waals surface area (Å²) in [6.07, 6.45) is -0.807. The van der Waals surface area contributed by atoms with Crippen LogP contribution in [0.25, 0.3) is 0 Å². The fourth-order valence-electron chi connectivity index (χ4n) is 1.37. The van der Waals surface area contributed by atoms with Gasteiger partial charge in [-0.3, -0.25) is 0 Å². The molecular weight excluding hydrogens is 244 g/mol. The molecule has 0 saturated heterocycles. The number of carbonyl (C=O) groups is 1. The van der Waals surface area contributed by atoms with Gasteiger partial charge in [0, 0.05) is 6.61 Å². The van der Waals surface area contributed by atoms with Crippen LogP contribution in [0.15, 0.2) is 18.2 Å². The topological polar surface area (TPSA) is 55.8 Å². The summed E-state index contributed by atoms with van der Waals surface area (Å²) in [5.74, 6) is -0.495. The molecule has 5 heteroatoms. The largest absolute Gasteiger partial charge is 0.506 e. The highest BCUT2D eigenvalue weighted by Crippen LogP contribution is 2.28. The van der Waals surface area contributed by atoms with Crippen molar-refractivity contribution in [1.82, 2.24) is 0 Å². The maximum atomic E-state index is 11.7. The van der Waals surface area contributed by atoms with Gasteiger partial charge in [0.15, 0.2) is 6.10 Å². The normalized spacial score (nSPS) is 12.2. The van der Waals surface area contributed by atoms with Crippen LogP contribution in [-0.4, -0.2) is 24.3 Å². The number of phenolic OH excluding ortho intramolecular Hbond substituents is 1. The molecule has 0 spiro atoms. The Bertz CT molecular complexity index is 392. The maximum Gasteiger partial charge on any atom is 0.339 e. The number of ether oxygens (including phenoxy) is 2. The van der Waals surface area contributed by atoms with Crippen molar-refractivity contribution in [2.75, 3.05) is 13.2 Å². The van der Waals surface area contributed by atoms with Crippen molar-refractivity contribution in [3.05, 3.63) is 28.8 Å². The first-order valence-electron chi connectivity index (χ1n) is 5.36. The van der Waals surface area contributed by atoms with E-state index >= 15 is 0 Å². The van der Waals surface area contributed by atoms with E-state index in [1.807, 2.05) is 0 Å². The summed E-state index contributed by atoms with van der Waals surface area (Å²) in [4.78, 5) is 11.7. The monoisotopic (exact) mass is 258 g/mol. The predicted molar refractivity (Wildman–Crippen MR) is 64.1 cm³/mol. The van der Waals surface area contributed by atoms with Gasteiger partial charge in [0.2, 0.25) is 0 Å². The molecule has 0 fully saturated rings. The van der Waals surface area contributed by atoms with Gasteiger partial charge in [-0.1, -0.05) is 17.7 Å². The Labute approximate surface area is 105 Å². The number of hydrogen-bond donors (Lipinski definition) is 1. The van der Waals surface area contributed by atoms with Gasteiger partial charge in [-0.25, -0.2) is 4.79 Å². The third-order valence-corrected chi connectivity index (χ3v) is 2.41. The van der Waals surface area contributed by atoms with Crippen LogP contribution in [0.2, 0.25) is 5.02 Å². The predicted octanol–water partition coefficient (Wildman–Crippen LogP) is 2.69. The highest BCUT2D eigenvalue weighted by atomic mass is 35.5. The minimum Gasteiger partial charge on any atom is -0.506 e. The zero-order chi connectivity index (χ0) is 12.8. The number of benzene rings is 1. The summed E-state index contributed by atoms with van der Waals surface area (Å²) in [5, 5.41) is 9.49. The number of aromatic hydroxyl groups is 1. The average Bonchev–Trinajstić information content (AvgIpc) is 2.30. The van der Waals surface area contributed by atoms with Crippen molar-refractivity contribution in [3.8, 4) is 5.75 Å². The Hall–Kier alpha value is -1.26. The van der Waals surface area contributed by atoms with E-state index in [9.17, 15) is 9.90 Å². The Morgan fingerprint density at radius 2 is 2.12 bits per heavy atom. The summed E-state index contributed by atoms with van der Waals surface area (Å²) in [6.45, 7) is 4.18. The number of rotatable bonds is 5. The first-order chi connectivity index (χ1) is 8.10. The second kappa shape index (κ2) is 6.47. The fourth-order valence-corrected chi connectivity index (χ4v) is 1.56. The van der Waals surface area contributed by atoms with E-state index in [0.29, 0.717) is 12.2 Å². The van der Waals surface area contributed by atoms with Crippen LogP contribution in [0, 0.1) is 0 Å². The fraction of sp³-hybridized carbons (Fsp3) is 0.417. The van der Waals surface area contributed by atoms with Gasteiger partial charge >= 0.3 is 5.97 Å².